The molecule has 0 amide bonds. The van der Waals surface area contributed by atoms with E-state index in [0.717, 1.165) is 51.7 Å². The predicted octanol–water partition coefficient (Wildman–Crippen LogP) is 3.21. The Morgan fingerprint density at radius 3 is 2.66 bits per heavy atom. The minimum Gasteiger partial charge on any atom is -0.376 e. The largest absolute Gasteiger partial charge is 0.376 e. The average molecular weight is 395 g/mol. The molecule has 0 saturated carbocycles. The SMILES string of the molecule is CCNC(=NCc1cccc(CN2CCOC(C)C2)c1)NCCc1ccccc1. The smallest absolute Gasteiger partial charge is 0.191 e. The molecule has 0 radical (unpaired) electrons. The first-order valence-electron chi connectivity index (χ1n) is 10.7. The van der Waals surface area contributed by atoms with Gasteiger partial charge in [0, 0.05) is 32.7 Å². The van der Waals surface area contributed by atoms with E-state index in [-0.39, 0.29) is 0 Å². The van der Waals surface area contributed by atoms with E-state index in [0.29, 0.717) is 12.6 Å². The highest BCUT2D eigenvalue weighted by atomic mass is 16.5. The third-order valence-electron chi connectivity index (χ3n) is 5.04. The average Bonchev–Trinajstić information content (AvgIpc) is 2.73. The van der Waals surface area contributed by atoms with Gasteiger partial charge in [-0.25, -0.2) is 4.99 Å². The van der Waals surface area contributed by atoms with Gasteiger partial charge in [-0.15, -0.1) is 0 Å². The van der Waals surface area contributed by atoms with E-state index in [2.05, 4.69) is 84.0 Å². The fourth-order valence-electron chi connectivity index (χ4n) is 3.60. The van der Waals surface area contributed by atoms with Crippen molar-refractivity contribution in [1.29, 1.82) is 0 Å². The molecule has 0 spiro atoms. The summed E-state index contributed by atoms with van der Waals surface area (Å²) in [6.07, 6.45) is 1.31. The van der Waals surface area contributed by atoms with Gasteiger partial charge in [-0.05, 0) is 37.0 Å². The summed E-state index contributed by atoms with van der Waals surface area (Å²) >= 11 is 0. The fraction of sp³-hybridized carbons (Fsp3) is 0.458. The molecule has 1 unspecified atom stereocenters. The highest BCUT2D eigenvalue weighted by Gasteiger charge is 2.16. The van der Waals surface area contributed by atoms with Crippen LogP contribution < -0.4 is 10.6 Å². The Hall–Kier alpha value is -2.37. The molecule has 0 bridgehead atoms. The van der Waals surface area contributed by atoms with Crippen molar-refractivity contribution in [3.05, 3.63) is 71.3 Å². The van der Waals surface area contributed by atoms with Gasteiger partial charge in [0.15, 0.2) is 5.96 Å². The van der Waals surface area contributed by atoms with E-state index in [1.165, 1.54) is 16.7 Å². The highest BCUT2D eigenvalue weighted by Crippen LogP contribution is 2.12. The van der Waals surface area contributed by atoms with Crippen molar-refractivity contribution in [3.63, 3.8) is 0 Å². The number of hydrogen-bond donors (Lipinski definition) is 2. The molecule has 2 aromatic rings. The Labute approximate surface area is 175 Å². The molecule has 5 heteroatoms. The van der Waals surface area contributed by atoms with Crippen LogP contribution in [0.4, 0.5) is 0 Å². The van der Waals surface area contributed by atoms with Crippen molar-refractivity contribution in [1.82, 2.24) is 15.5 Å². The Balaban J connectivity index is 1.52. The Kier molecular flexibility index (Phi) is 8.53. The standard InChI is InChI=1S/C24H34N4O/c1-3-25-24(26-13-12-21-8-5-4-6-9-21)27-17-22-10-7-11-23(16-22)19-28-14-15-29-20(2)18-28/h4-11,16,20H,3,12-15,17-19H2,1-2H3,(H2,25,26,27). The molecular formula is C24H34N4O. The van der Waals surface area contributed by atoms with Gasteiger partial charge >= 0.3 is 0 Å². The molecule has 1 heterocycles. The van der Waals surface area contributed by atoms with Crippen LogP contribution >= 0.6 is 0 Å². The van der Waals surface area contributed by atoms with E-state index < -0.39 is 0 Å². The summed E-state index contributed by atoms with van der Waals surface area (Å²) in [5.74, 6) is 0.871. The van der Waals surface area contributed by atoms with Crippen molar-refractivity contribution in [2.45, 2.75) is 39.5 Å². The molecule has 1 saturated heterocycles. The number of guanidine groups is 1. The minimum atomic E-state index is 0.321. The lowest BCUT2D eigenvalue weighted by Crippen LogP contribution is -2.40. The second-order valence-electron chi connectivity index (χ2n) is 7.59. The van der Waals surface area contributed by atoms with Crippen molar-refractivity contribution >= 4 is 5.96 Å². The summed E-state index contributed by atoms with van der Waals surface area (Å²) in [6.45, 7) is 10.4. The first-order chi connectivity index (χ1) is 14.2. The second kappa shape index (κ2) is 11.6. The number of aliphatic imine (C=N–C) groups is 1. The first kappa shape index (κ1) is 21.3. The molecule has 0 aromatic heterocycles. The number of nitrogens with one attached hydrogen (secondary N) is 2. The second-order valence-corrected chi connectivity index (χ2v) is 7.59. The fourth-order valence-corrected chi connectivity index (χ4v) is 3.60. The van der Waals surface area contributed by atoms with Crippen LogP contribution in [-0.4, -0.2) is 49.7 Å². The zero-order valence-electron chi connectivity index (χ0n) is 17.7. The molecule has 5 nitrogen and oxygen atoms in total. The maximum absolute atomic E-state index is 5.64. The Morgan fingerprint density at radius 1 is 1.07 bits per heavy atom. The molecule has 3 rings (SSSR count). The number of ether oxygens (including phenoxy) is 1. The first-order valence-corrected chi connectivity index (χ1v) is 10.7. The molecule has 29 heavy (non-hydrogen) atoms. The van der Waals surface area contributed by atoms with Gasteiger partial charge in [0.2, 0.25) is 0 Å². The Bertz CT molecular complexity index is 762. The summed E-state index contributed by atoms with van der Waals surface area (Å²) in [4.78, 5) is 7.24. The predicted molar refractivity (Wildman–Crippen MR) is 120 cm³/mol. The molecule has 1 aliphatic heterocycles. The van der Waals surface area contributed by atoms with Crippen LogP contribution in [0.25, 0.3) is 0 Å². The van der Waals surface area contributed by atoms with Gasteiger partial charge in [0.25, 0.3) is 0 Å². The third kappa shape index (κ3) is 7.52. The van der Waals surface area contributed by atoms with Gasteiger partial charge < -0.3 is 15.4 Å². The van der Waals surface area contributed by atoms with Gasteiger partial charge in [0.1, 0.15) is 0 Å². The number of benzene rings is 2. The van der Waals surface area contributed by atoms with E-state index in [4.69, 9.17) is 9.73 Å². The molecule has 2 aromatic carbocycles. The summed E-state index contributed by atoms with van der Waals surface area (Å²) in [7, 11) is 0. The topological polar surface area (TPSA) is 48.9 Å². The van der Waals surface area contributed by atoms with Crippen LogP contribution in [0, 0.1) is 0 Å². The van der Waals surface area contributed by atoms with Crippen molar-refractivity contribution in [2.75, 3.05) is 32.8 Å². The van der Waals surface area contributed by atoms with Crippen LogP contribution in [0.5, 0.6) is 0 Å². The number of morpholine rings is 1. The normalized spacial score (nSPS) is 17.9. The minimum absolute atomic E-state index is 0.321. The summed E-state index contributed by atoms with van der Waals surface area (Å²) in [5, 5.41) is 6.78. The Morgan fingerprint density at radius 2 is 1.86 bits per heavy atom. The summed E-state index contributed by atoms with van der Waals surface area (Å²) in [5.41, 5.74) is 3.92. The van der Waals surface area contributed by atoms with E-state index in [1.54, 1.807) is 0 Å². The molecular weight excluding hydrogens is 360 g/mol. The molecule has 1 aliphatic rings. The lowest BCUT2D eigenvalue weighted by atomic mass is 10.1. The maximum Gasteiger partial charge on any atom is 0.191 e. The molecule has 156 valence electrons. The highest BCUT2D eigenvalue weighted by molar-refractivity contribution is 5.79. The molecule has 2 N–H and O–H groups in total. The monoisotopic (exact) mass is 394 g/mol. The maximum atomic E-state index is 5.64. The van der Waals surface area contributed by atoms with Gasteiger partial charge in [-0.3, -0.25) is 4.90 Å². The van der Waals surface area contributed by atoms with Crippen LogP contribution in [0.15, 0.2) is 59.6 Å². The molecule has 1 atom stereocenters. The summed E-state index contributed by atoms with van der Waals surface area (Å²) in [6, 6.07) is 19.3. The lowest BCUT2D eigenvalue weighted by Gasteiger charge is -2.31. The number of hydrogen-bond acceptors (Lipinski definition) is 3. The van der Waals surface area contributed by atoms with Crippen LogP contribution in [0.3, 0.4) is 0 Å². The van der Waals surface area contributed by atoms with Crippen molar-refractivity contribution in [3.8, 4) is 0 Å². The zero-order chi connectivity index (χ0) is 20.3. The van der Waals surface area contributed by atoms with Crippen molar-refractivity contribution in [2.24, 2.45) is 4.99 Å². The third-order valence-corrected chi connectivity index (χ3v) is 5.04. The van der Waals surface area contributed by atoms with Gasteiger partial charge in [0.05, 0.1) is 19.3 Å². The zero-order valence-corrected chi connectivity index (χ0v) is 17.7. The summed E-state index contributed by atoms with van der Waals surface area (Å²) < 4.78 is 5.64. The van der Waals surface area contributed by atoms with Crippen molar-refractivity contribution < 1.29 is 4.74 Å². The number of rotatable bonds is 8. The van der Waals surface area contributed by atoms with Crippen LogP contribution in [-0.2, 0) is 24.2 Å². The van der Waals surface area contributed by atoms with E-state index in [1.807, 2.05) is 0 Å². The van der Waals surface area contributed by atoms with Crippen LogP contribution in [0.1, 0.15) is 30.5 Å². The van der Waals surface area contributed by atoms with Gasteiger partial charge in [-0.1, -0.05) is 54.6 Å². The van der Waals surface area contributed by atoms with Gasteiger partial charge in [-0.2, -0.15) is 0 Å². The number of nitrogens with zero attached hydrogens (tertiary/aromatic N) is 2. The van der Waals surface area contributed by atoms with Crippen LogP contribution in [0.2, 0.25) is 0 Å². The molecule has 1 fully saturated rings. The van der Waals surface area contributed by atoms with E-state index in [9.17, 15) is 0 Å². The lowest BCUT2D eigenvalue weighted by molar-refractivity contribution is -0.0212. The quantitative estimate of drug-likeness (QED) is 0.533. The molecule has 0 aliphatic carbocycles. The van der Waals surface area contributed by atoms with E-state index >= 15 is 0 Å².